The van der Waals surface area contributed by atoms with Gasteiger partial charge in [0.25, 0.3) is 0 Å². The number of unbranched alkanes of at least 4 members (excludes halogenated alkanes) is 26. The maximum Gasteiger partial charge on any atom is 0.305 e. The fourth-order valence-electron chi connectivity index (χ4n) is 6.56. The van der Waals surface area contributed by atoms with Crippen LogP contribution < -0.4 is 5.32 Å². The monoisotopic (exact) mass is 746 g/mol. The van der Waals surface area contributed by atoms with Gasteiger partial charge in [-0.3, -0.25) is 9.59 Å². The van der Waals surface area contributed by atoms with Crippen LogP contribution in [-0.4, -0.2) is 47.4 Å². The van der Waals surface area contributed by atoms with Crippen molar-refractivity contribution in [1.82, 2.24) is 5.32 Å². The molecule has 310 valence electrons. The van der Waals surface area contributed by atoms with E-state index in [1.54, 1.807) is 6.08 Å². The Morgan fingerprint density at radius 3 is 1.38 bits per heavy atom. The summed E-state index contributed by atoms with van der Waals surface area (Å²) in [7, 11) is 0. The summed E-state index contributed by atoms with van der Waals surface area (Å²) in [5.74, 6) is -0.144. The van der Waals surface area contributed by atoms with Crippen molar-refractivity contribution in [2.75, 3.05) is 13.2 Å². The van der Waals surface area contributed by atoms with E-state index in [0.29, 0.717) is 19.4 Å². The Morgan fingerprint density at radius 2 is 0.887 bits per heavy atom. The molecule has 1 amide bonds. The number of aliphatic hydroxyl groups is 2. The Kier molecular flexibility index (Phi) is 41.3. The molecule has 6 heteroatoms. The third-order valence-corrected chi connectivity index (χ3v) is 10.1. The highest BCUT2D eigenvalue weighted by atomic mass is 16.5. The first-order chi connectivity index (χ1) is 26.0. The summed E-state index contributed by atoms with van der Waals surface area (Å²) in [6.45, 7) is 4.77. The number of amides is 1. The van der Waals surface area contributed by atoms with Crippen LogP contribution in [0.1, 0.15) is 226 Å². The van der Waals surface area contributed by atoms with Crippen molar-refractivity contribution in [2.24, 2.45) is 0 Å². The van der Waals surface area contributed by atoms with Gasteiger partial charge in [0.15, 0.2) is 0 Å². The van der Waals surface area contributed by atoms with E-state index < -0.39 is 12.1 Å². The van der Waals surface area contributed by atoms with E-state index in [4.69, 9.17) is 4.74 Å². The molecule has 0 aliphatic carbocycles. The van der Waals surface area contributed by atoms with Crippen LogP contribution in [0.2, 0.25) is 0 Å². The summed E-state index contributed by atoms with van der Waals surface area (Å²) in [4.78, 5) is 24.3. The van der Waals surface area contributed by atoms with Crippen LogP contribution in [0.15, 0.2) is 36.5 Å². The van der Waals surface area contributed by atoms with Crippen molar-refractivity contribution in [3.05, 3.63) is 36.5 Å². The highest BCUT2D eigenvalue weighted by Crippen LogP contribution is 2.13. The van der Waals surface area contributed by atoms with E-state index >= 15 is 0 Å². The minimum absolute atomic E-state index is 0.0443. The summed E-state index contributed by atoms with van der Waals surface area (Å²) in [5.41, 5.74) is 0. The molecule has 0 radical (unpaired) electrons. The van der Waals surface area contributed by atoms with Gasteiger partial charge in [-0.05, 0) is 83.5 Å². The number of carbonyl (C=O) groups excluding carboxylic acids is 2. The number of rotatable bonds is 41. The van der Waals surface area contributed by atoms with Crippen molar-refractivity contribution in [3.63, 3.8) is 0 Å². The number of allylic oxidation sites excluding steroid dienone is 5. The summed E-state index contributed by atoms with van der Waals surface area (Å²) in [5, 5.41) is 22.9. The first kappa shape index (κ1) is 51.1. The molecule has 0 spiro atoms. The van der Waals surface area contributed by atoms with E-state index in [0.717, 1.165) is 83.5 Å². The number of ether oxygens (including phenoxy) is 1. The third-order valence-electron chi connectivity index (χ3n) is 10.1. The van der Waals surface area contributed by atoms with Crippen molar-refractivity contribution < 1.29 is 24.5 Å². The van der Waals surface area contributed by atoms with Crippen molar-refractivity contribution in [3.8, 4) is 0 Å². The maximum absolute atomic E-state index is 12.4. The number of aliphatic hydroxyl groups excluding tert-OH is 2. The standard InChI is InChI=1S/C47H87NO5/c1-3-5-7-9-11-13-15-17-19-23-27-31-35-39-45(50)44(43-49)48-46(51)40-36-32-28-24-20-18-22-26-30-34-38-42-53-47(52)41-37-33-29-25-21-16-14-12-10-8-6-4-2/h12,14,22,26,35,39,44-45,49-50H,3-11,13,15-21,23-25,27-34,36-38,40-43H2,1-2H3,(H,48,51)/b14-12-,26-22-,39-35+. The number of hydrogen-bond donors (Lipinski definition) is 3. The zero-order chi connectivity index (χ0) is 38.7. The van der Waals surface area contributed by atoms with Crippen LogP contribution in [0.25, 0.3) is 0 Å². The number of carbonyl (C=O) groups is 2. The largest absolute Gasteiger partial charge is 0.466 e. The molecule has 53 heavy (non-hydrogen) atoms. The summed E-state index contributed by atoms with van der Waals surface area (Å²) in [6, 6.07) is -0.648. The average Bonchev–Trinajstić information content (AvgIpc) is 3.16. The Hall–Kier alpha value is -1.92. The quantitative estimate of drug-likeness (QED) is 0.0329. The van der Waals surface area contributed by atoms with Crippen LogP contribution in [0.3, 0.4) is 0 Å². The van der Waals surface area contributed by atoms with Crippen molar-refractivity contribution >= 4 is 11.9 Å². The summed E-state index contributed by atoms with van der Waals surface area (Å²) in [6.07, 6.45) is 49.8. The molecule has 0 bridgehead atoms. The Bertz CT molecular complexity index is 869. The van der Waals surface area contributed by atoms with Gasteiger partial charge >= 0.3 is 5.97 Å². The Balaban J connectivity index is 3.59. The normalized spacial score (nSPS) is 13.1. The second-order valence-corrected chi connectivity index (χ2v) is 15.4. The minimum Gasteiger partial charge on any atom is -0.466 e. The third kappa shape index (κ3) is 39.6. The summed E-state index contributed by atoms with van der Waals surface area (Å²) >= 11 is 0. The SMILES string of the molecule is CCCCC/C=C\CCCCCCCC(=O)OCCCC/C=C\CCCCCCCC(=O)NC(CO)C(O)/C=C/CCCCCCCCCCCCC. The van der Waals surface area contributed by atoms with Gasteiger partial charge in [0, 0.05) is 12.8 Å². The lowest BCUT2D eigenvalue weighted by molar-refractivity contribution is -0.143. The number of hydrogen-bond acceptors (Lipinski definition) is 5. The molecular weight excluding hydrogens is 659 g/mol. The fraction of sp³-hybridized carbons (Fsp3) is 0.830. The van der Waals surface area contributed by atoms with Crippen molar-refractivity contribution in [1.29, 1.82) is 0 Å². The van der Waals surface area contributed by atoms with Gasteiger partial charge in [-0.25, -0.2) is 0 Å². The minimum atomic E-state index is -0.861. The zero-order valence-corrected chi connectivity index (χ0v) is 35.0. The van der Waals surface area contributed by atoms with Crippen LogP contribution in [0.5, 0.6) is 0 Å². The van der Waals surface area contributed by atoms with E-state index in [9.17, 15) is 19.8 Å². The van der Waals surface area contributed by atoms with Gasteiger partial charge in [0.1, 0.15) is 0 Å². The molecule has 0 aliphatic heterocycles. The zero-order valence-electron chi connectivity index (χ0n) is 35.0. The van der Waals surface area contributed by atoms with Crippen LogP contribution >= 0.6 is 0 Å². The van der Waals surface area contributed by atoms with Crippen LogP contribution in [0.4, 0.5) is 0 Å². The summed E-state index contributed by atoms with van der Waals surface area (Å²) < 4.78 is 5.41. The number of nitrogens with one attached hydrogen (secondary N) is 1. The van der Waals surface area contributed by atoms with Crippen LogP contribution in [0, 0.1) is 0 Å². The average molecular weight is 746 g/mol. The van der Waals surface area contributed by atoms with Gasteiger partial charge < -0.3 is 20.3 Å². The molecule has 0 aromatic rings. The van der Waals surface area contributed by atoms with Gasteiger partial charge in [-0.15, -0.1) is 0 Å². The second kappa shape index (κ2) is 42.8. The van der Waals surface area contributed by atoms with Gasteiger partial charge in [-0.2, -0.15) is 0 Å². The molecule has 0 fully saturated rings. The molecule has 2 atom stereocenters. The van der Waals surface area contributed by atoms with E-state index in [2.05, 4.69) is 43.5 Å². The van der Waals surface area contributed by atoms with Crippen LogP contribution in [-0.2, 0) is 14.3 Å². The molecule has 0 saturated heterocycles. The Morgan fingerprint density at radius 1 is 0.509 bits per heavy atom. The topological polar surface area (TPSA) is 95.9 Å². The molecule has 0 heterocycles. The van der Waals surface area contributed by atoms with Gasteiger partial charge in [0.2, 0.25) is 5.91 Å². The van der Waals surface area contributed by atoms with E-state index in [1.807, 2.05) is 6.08 Å². The number of esters is 1. The molecular formula is C47H87NO5. The van der Waals surface area contributed by atoms with Crippen molar-refractivity contribution in [2.45, 2.75) is 238 Å². The molecule has 6 nitrogen and oxygen atoms in total. The molecule has 0 aliphatic rings. The first-order valence-corrected chi connectivity index (χ1v) is 22.8. The fourth-order valence-corrected chi connectivity index (χ4v) is 6.56. The predicted molar refractivity (Wildman–Crippen MR) is 227 cm³/mol. The van der Waals surface area contributed by atoms with Gasteiger partial charge in [-0.1, -0.05) is 166 Å². The molecule has 0 aromatic carbocycles. The van der Waals surface area contributed by atoms with Gasteiger partial charge in [0.05, 0.1) is 25.4 Å². The smallest absolute Gasteiger partial charge is 0.305 e. The first-order valence-electron chi connectivity index (χ1n) is 22.8. The second-order valence-electron chi connectivity index (χ2n) is 15.4. The molecule has 0 aromatic heterocycles. The highest BCUT2D eigenvalue weighted by Gasteiger charge is 2.18. The lowest BCUT2D eigenvalue weighted by Gasteiger charge is -2.20. The lowest BCUT2D eigenvalue weighted by Crippen LogP contribution is -2.45. The maximum atomic E-state index is 12.4. The van der Waals surface area contributed by atoms with E-state index in [1.165, 1.54) is 116 Å². The highest BCUT2D eigenvalue weighted by molar-refractivity contribution is 5.76. The molecule has 2 unspecified atom stereocenters. The van der Waals surface area contributed by atoms with E-state index in [-0.39, 0.29) is 18.5 Å². The Labute approximate surface area is 328 Å². The predicted octanol–water partition coefficient (Wildman–Crippen LogP) is 12.9. The molecule has 0 saturated carbocycles. The lowest BCUT2D eigenvalue weighted by atomic mass is 10.0. The molecule has 0 rings (SSSR count). The molecule has 3 N–H and O–H groups in total.